The highest BCUT2D eigenvalue weighted by Gasteiger charge is 2.46. The van der Waals surface area contributed by atoms with Crippen LogP contribution < -0.4 is 26.2 Å². The summed E-state index contributed by atoms with van der Waals surface area (Å²) in [4.78, 5) is 5.51. The molecule has 5 heteroatoms. The Morgan fingerprint density at radius 3 is 0.952 bits per heavy atom. The van der Waals surface area contributed by atoms with Gasteiger partial charge in [0.25, 0.3) is 6.71 Å². The van der Waals surface area contributed by atoms with Crippen LogP contribution >= 0.6 is 0 Å². The van der Waals surface area contributed by atoms with Gasteiger partial charge in [-0.3, -0.25) is 0 Å². The van der Waals surface area contributed by atoms with Gasteiger partial charge in [0.15, 0.2) is 0 Å². The Morgan fingerprint density at radius 2 is 0.600 bits per heavy atom. The molecular formula is C100H91BN2O2. The zero-order valence-corrected chi connectivity index (χ0v) is 62.8. The third-order valence-electron chi connectivity index (χ3n) is 23.4. The van der Waals surface area contributed by atoms with E-state index < -0.39 is 0 Å². The number of furan rings is 2. The van der Waals surface area contributed by atoms with E-state index in [0.29, 0.717) is 5.92 Å². The standard InChI is InChI=1S/C100H91BN2O2/c1-97(2,3)72-44-32-63(33-45-72)76-26-20-27-77(64-34-46-73(47-35-64)98(4,5)6)95(76)102-86-56-67(69-40-52-82-80-24-16-18-30-90(80)104-92(82)60-69)42-54-84(86)101-85-55-43-68(70-41-53-83-81-25-17-19-31-91(81)105-93(83)61-70)57-87(85)103(89-59-71(58-88(102)94(89)101)62-22-14-13-15-23-62)96-78(65-36-48-74(49-37-65)99(7,8)9)28-21-29-79(96)66-38-50-75(51-39-66)100(10,11)12/h16-21,24-62H,13-15,22-23H2,1-12H3. The predicted molar refractivity (Wildman–Crippen MR) is 448 cm³/mol. The third-order valence-corrected chi connectivity index (χ3v) is 23.4. The summed E-state index contributed by atoms with van der Waals surface area (Å²) in [5.41, 5.74) is 34.7. The summed E-state index contributed by atoms with van der Waals surface area (Å²) in [6, 6.07) is 103. The number of anilines is 6. The fourth-order valence-electron chi connectivity index (χ4n) is 17.4. The first-order chi connectivity index (χ1) is 50.6. The van der Waals surface area contributed by atoms with Gasteiger partial charge in [-0.1, -0.05) is 309 Å². The van der Waals surface area contributed by atoms with Crippen molar-refractivity contribution in [1.82, 2.24) is 0 Å². The number of para-hydroxylation sites is 4. The maximum Gasteiger partial charge on any atom is 0.252 e. The summed E-state index contributed by atoms with van der Waals surface area (Å²) in [6.45, 7) is 27.6. The van der Waals surface area contributed by atoms with Gasteiger partial charge in [0, 0.05) is 66.5 Å². The van der Waals surface area contributed by atoms with E-state index in [1.807, 2.05) is 0 Å². The molecule has 13 aromatic carbocycles. The van der Waals surface area contributed by atoms with Crippen LogP contribution in [0.3, 0.4) is 0 Å². The zero-order chi connectivity index (χ0) is 72.0. The van der Waals surface area contributed by atoms with Gasteiger partial charge < -0.3 is 18.6 Å². The van der Waals surface area contributed by atoms with Crippen molar-refractivity contribution in [2.24, 2.45) is 0 Å². The van der Waals surface area contributed by atoms with Gasteiger partial charge in [-0.2, -0.15) is 0 Å². The number of fused-ring (bicyclic) bond motifs is 10. The van der Waals surface area contributed by atoms with Crippen LogP contribution in [0.25, 0.3) is 111 Å². The van der Waals surface area contributed by atoms with Crippen molar-refractivity contribution >= 4 is 101 Å². The van der Waals surface area contributed by atoms with Gasteiger partial charge in [0.2, 0.25) is 0 Å². The van der Waals surface area contributed by atoms with Crippen molar-refractivity contribution in [3.63, 3.8) is 0 Å². The van der Waals surface area contributed by atoms with E-state index in [1.54, 1.807) is 0 Å². The molecule has 3 aliphatic rings. The smallest absolute Gasteiger partial charge is 0.252 e. The highest BCUT2D eigenvalue weighted by molar-refractivity contribution is 7.00. The topological polar surface area (TPSA) is 32.8 Å². The molecule has 2 aromatic heterocycles. The molecule has 15 aromatic rings. The highest BCUT2D eigenvalue weighted by Crippen LogP contribution is 2.55. The molecule has 0 radical (unpaired) electrons. The second-order valence-corrected chi connectivity index (χ2v) is 34.3. The summed E-state index contributed by atoms with van der Waals surface area (Å²) >= 11 is 0. The summed E-state index contributed by atoms with van der Waals surface area (Å²) in [6.07, 6.45) is 5.89. The van der Waals surface area contributed by atoms with Crippen molar-refractivity contribution in [2.75, 3.05) is 9.80 Å². The molecule has 4 heterocycles. The molecule has 1 aliphatic carbocycles. The van der Waals surface area contributed by atoms with E-state index >= 15 is 0 Å². The van der Waals surface area contributed by atoms with Gasteiger partial charge in [-0.25, -0.2) is 0 Å². The Hall–Kier alpha value is -10.9. The van der Waals surface area contributed by atoms with Crippen LogP contribution in [-0.4, -0.2) is 6.71 Å². The molecule has 0 saturated heterocycles. The van der Waals surface area contributed by atoms with Gasteiger partial charge in [-0.05, 0) is 190 Å². The van der Waals surface area contributed by atoms with Crippen LogP contribution in [0, 0.1) is 0 Å². The van der Waals surface area contributed by atoms with Crippen molar-refractivity contribution in [2.45, 2.75) is 143 Å². The van der Waals surface area contributed by atoms with Crippen LogP contribution in [0.5, 0.6) is 0 Å². The average molecular weight is 1360 g/mol. The normalized spacial score (nSPS) is 14.2. The summed E-state index contributed by atoms with van der Waals surface area (Å²) in [5, 5.41) is 4.49. The Balaban J connectivity index is 0.978. The van der Waals surface area contributed by atoms with Crippen LogP contribution in [0.15, 0.2) is 276 Å². The Morgan fingerprint density at radius 1 is 0.286 bits per heavy atom. The molecule has 1 saturated carbocycles. The molecule has 18 rings (SSSR count). The van der Waals surface area contributed by atoms with Gasteiger partial charge >= 0.3 is 0 Å². The zero-order valence-electron chi connectivity index (χ0n) is 62.8. The number of nitrogens with zero attached hydrogens (tertiary/aromatic N) is 2. The lowest BCUT2D eigenvalue weighted by Crippen LogP contribution is -2.61. The van der Waals surface area contributed by atoms with Crippen LogP contribution in [0.1, 0.15) is 149 Å². The van der Waals surface area contributed by atoms with Gasteiger partial charge in [-0.15, -0.1) is 0 Å². The summed E-state index contributed by atoms with van der Waals surface area (Å²) < 4.78 is 13.5. The third kappa shape index (κ3) is 11.5. The lowest BCUT2D eigenvalue weighted by molar-refractivity contribution is 0.444. The molecule has 0 unspecified atom stereocenters. The molecule has 1 fully saturated rings. The first-order valence-corrected chi connectivity index (χ1v) is 38.2. The molecule has 0 N–H and O–H groups in total. The maximum absolute atomic E-state index is 6.73. The second-order valence-electron chi connectivity index (χ2n) is 34.3. The first kappa shape index (κ1) is 66.1. The number of benzene rings is 13. The Labute approximate surface area is 620 Å². The maximum atomic E-state index is 6.73. The Bertz CT molecular complexity index is 5410. The number of rotatable bonds is 9. The monoisotopic (exact) mass is 1360 g/mol. The minimum Gasteiger partial charge on any atom is -0.456 e. The highest BCUT2D eigenvalue weighted by atomic mass is 16.3. The van der Waals surface area contributed by atoms with Gasteiger partial charge in [0.1, 0.15) is 22.3 Å². The molecular weight excluding hydrogens is 1270 g/mol. The molecule has 0 atom stereocenters. The quantitative estimate of drug-likeness (QED) is 0.135. The lowest BCUT2D eigenvalue weighted by Gasteiger charge is -2.46. The van der Waals surface area contributed by atoms with Crippen LogP contribution in [0.2, 0.25) is 0 Å². The lowest BCUT2D eigenvalue weighted by atomic mass is 9.33. The predicted octanol–water partition coefficient (Wildman–Crippen LogP) is 26.8. The fourth-order valence-corrected chi connectivity index (χ4v) is 17.4. The van der Waals surface area contributed by atoms with Crippen molar-refractivity contribution in [1.29, 1.82) is 0 Å². The molecule has 0 bridgehead atoms. The second kappa shape index (κ2) is 24.9. The molecule has 516 valence electrons. The minimum atomic E-state index is -0.202. The Kier molecular flexibility index (Phi) is 15.7. The minimum absolute atomic E-state index is 0.0332. The number of hydrogen-bond donors (Lipinski definition) is 0. The summed E-state index contributed by atoms with van der Waals surface area (Å²) in [7, 11) is 0. The van der Waals surface area contributed by atoms with Crippen LogP contribution in [-0.2, 0) is 21.7 Å². The van der Waals surface area contributed by atoms with E-state index in [1.165, 1.54) is 119 Å². The number of hydrogen-bond acceptors (Lipinski definition) is 4. The largest absolute Gasteiger partial charge is 0.456 e. The molecule has 4 nitrogen and oxygen atoms in total. The summed E-state index contributed by atoms with van der Waals surface area (Å²) in [5.74, 6) is 0.336. The van der Waals surface area contributed by atoms with Crippen molar-refractivity contribution in [3.8, 4) is 66.8 Å². The van der Waals surface area contributed by atoms with Crippen molar-refractivity contribution < 1.29 is 8.83 Å². The molecule has 2 aliphatic heterocycles. The average Bonchev–Trinajstić information content (AvgIpc) is 0.922. The SMILES string of the molecule is CC(C)(C)c1ccc(-c2cccc(-c3ccc(C(C)(C)C)cc3)c2N2c3cc(-c4ccc5c(c4)oc4ccccc45)ccc3B3c4ccc(-c5ccc6c(c5)oc5ccccc56)cc4N(c4c(-c5ccc(C(C)(C)C)cc5)cccc4-c4ccc(C(C)(C)C)cc4)c4cc(C5CCCCC5)cc2c43)cc1. The van der Waals surface area contributed by atoms with E-state index in [-0.39, 0.29) is 28.4 Å². The van der Waals surface area contributed by atoms with Crippen LogP contribution in [0.4, 0.5) is 34.1 Å². The first-order valence-electron chi connectivity index (χ1n) is 38.2. The molecule has 105 heavy (non-hydrogen) atoms. The van der Waals surface area contributed by atoms with E-state index in [9.17, 15) is 0 Å². The van der Waals surface area contributed by atoms with Crippen molar-refractivity contribution in [3.05, 3.63) is 295 Å². The van der Waals surface area contributed by atoms with E-state index in [2.05, 4.69) is 360 Å². The molecule has 0 spiro atoms. The molecule has 0 amide bonds. The van der Waals surface area contributed by atoms with E-state index in [0.717, 1.165) is 102 Å². The van der Waals surface area contributed by atoms with E-state index in [4.69, 9.17) is 8.83 Å². The fraction of sp³-hybridized carbons (Fsp3) is 0.220. The van der Waals surface area contributed by atoms with Gasteiger partial charge in [0.05, 0.1) is 11.4 Å².